The second-order valence-corrected chi connectivity index (χ2v) is 8.60. The van der Waals surface area contributed by atoms with E-state index in [-0.39, 0.29) is 5.91 Å². The Morgan fingerprint density at radius 2 is 1.97 bits per heavy atom. The van der Waals surface area contributed by atoms with Gasteiger partial charge in [0.15, 0.2) is 5.17 Å². The third-order valence-electron chi connectivity index (χ3n) is 4.78. The largest absolute Gasteiger partial charge is 0.465 e. The molecule has 1 aromatic heterocycles. The minimum atomic E-state index is -0.466. The van der Waals surface area contributed by atoms with Crippen LogP contribution in [0.4, 0.5) is 5.69 Å². The Hall–Kier alpha value is -3.29. The van der Waals surface area contributed by atoms with Gasteiger partial charge in [-0.15, -0.1) is 0 Å². The number of amidine groups is 1. The first-order valence-electron chi connectivity index (χ1n) is 9.69. The van der Waals surface area contributed by atoms with Crippen LogP contribution in [0.1, 0.15) is 27.2 Å². The van der Waals surface area contributed by atoms with Gasteiger partial charge in [-0.05, 0) is 67.6 Å². The van der Waals surface area contributed by atoms with Crippen LogP contribution in [0.2, 0.25) is 5.02 Å². The molecule has 0 atom stereocenters. The van der Waals surface area contributed by atoms with Gasteiger partial charge in [0.2, 0.25) is 0 Å². The second-order valence-electron chi connectivity index (χ2n) is 7.16. The van der Waals surface area contributed by atoms with Crippen LogP contribution in [0, 0.1) is 13.8 Å². The summed E-state index contributed by atoms with van der Waals surface area (Å²) in [6, 6.07) is 14.2. The minimum Gasteiger partial charge on any atom is -0.465 e. The molecule has 1 fully saturated rings. The average molecular weight is 467 g/mol. The van der Waals surface area contributed by atoms with Gasteiger partial charge in [-0.1, -0.05) is 29.3 Å². The number of thioether (sulfide) groups is 1. The van der Waals surface area contributed by atoms with E-state index in [2.05, 4.69) is 10.3 Å². The standard InChI is InChI=1S/C24H19ClN2O4S/c1-13-4-8-19(14(2)10-13)26-24-27-22(28)21(32-24)12-16-6-9-20(31-16)17-11-15(23(29)30-3)5-7-18(17)25/h4-12H,1-3H3,(H,26,27,28)/b21-12-. The van der Waals surface area contributed by atoms with Gasteiger partial charge < -0.3 is 14.5 Å². The van der Waals surface area contributed by atoms with Crippen molar-refractivity contribution in [2.75, 3.05) is 7.11 Å². The van der Waals surface area contributed by atoms with E-state index in [1.165, 1.54) is 18.9 Å². The first kappa shape index (κ1) is 21.9. The number of methoxy groups -OCH3 is 1. The van der Waals surface area contributed by atoms with Gasteiger partial charge in [0.1, 0.15) is 11.5 Å². The van der Waals surface area contributed by atoms with Gasteiger partial charge in [-0.3, -0.25) is 4.79 Å². The summed E-state index contributed by atoms with van der Waals surface area (Å²) in [7, 11) is 1.32. The number of hydrogen-bond acceptors (Lipinski definition) is 6. The monoisotopic (exact) mass is 466 g/mol. The van der Waals surface area contributed by atoms with E-state index >= 15 is 0 Å². The predicted molar refractivity (Wildman–Crippen MR) is 127 cm³/mol. The van der Waals surface area contributed by atoms with E-state index < -0.39 is 5.97 Å². The highest BCUT2D eigenvalue weighted by atomic mass is 35.5. The molecule has 0 radical (unpaired) electrons. The van der Waals surface area contributed by atoms with E-state index in [4.69, 9.17) is 20.8 Å². The minimum absolute atomic E-state index is 0.248. The van der Waals surface area contributed by atoms with Gasteiger partial charge in [0.25, 0.3) is 5.91 Å². The van der Waals surface area contributed by atoms with Crippen molar-refractivity contribution in [3.8, 4) is 11.3 Å². The number of aryl methyl sites for hydroxylation is 2. The normalized spacial score (nSPS) is 15.9. The maximum Gasteiger partial charge on any atom is 0.337 e. The zero-order chi connectivity index (χ0) is 22.8. The van der Waals surface area contributed by atoms with Crippen molar-refractivity contribution >= 4 is 52.2 Å². The lowest BCUT2D eigenvalue weighted by Crippen LogP contribution is -2.19. The number of benzene rings is 2. The summed E-state index contributed by atoms with van der Waals surface area (Å²) in [5.74, 6) is 0.235. The number of nitrogens with one attached hydrogen (secondary N) is 1. The molecule has 32 heavy (non-hydrogen) atoms. The number of hydrogen-bond donors (Lipinski definition) is 1. The number of esters is 1. The molecule has 1 aliphatic rings. The summed E-state index contributed by atoms with van der Waals surface area (Å²) in [4.78, 5) is 29.2. The lowest BCUT2D eigenvalue weighted by Gasteiger charge is -2.04. The lowest BCUT2D eigenvalue weighted by atomic mass is 10.1. The van der Waals surface area contributed by atoms with E-state index in [9.17, 15) is 9.59 Å². The first-order valence-corrected chi connectivity index (χ1v) is 10.9. The van der Waals surface area contributed by atoms with Crippen molar-refractivity contribution in [1.29, 1.82) is 0 Å². The van der Waals surface area contributed by atoms with Crippen LogP contribution in [0.15, 0.2) is 62.8 Å². The third-order valence-corrected chi connectivity index (χ3v) is 6.02. The van der Waals surface area contributed by atoms with E-state index in [0.717, 1.165) is 16.8 Å². The molecule has 1 aliphatic heterocycles. The molecule has 0 spiro atoms. The van der Waals surface area contributed by atoms with Crippen LogP contribution >= 0.6 is 23.4 Å². The highest BCUT2D eigenvalue weighted by Gasteiger charge is 2.24. The summed E-state index contributed by atoms with van der Waals surface area (Å²) < 4.78 is 10.6. The second kappa shape index (κ2) is 9.06. The quantitative estimate of drug-likeness (QED) is 0.382. The molecule has 8 heteroatoms. The van der Waals surface area contributed by atoms with E-state index in [1.807, 2.05) is 32.0 Å². The Labute approximate surface area is 194 Å². The molecule has 1 amide bonds. The summed E-state index contributed by atoms with van der Waals surface area (Å²) in [5, 5.41) is 3.72. The number of carbonyl (C=O) groups is 2. The van der Waals surface area contributed by atoms with Gasteiger partial charge in [-0.25, -0.2) is 9.79 Å². The number of halogens is 1. The molecule has 0 unspecified atom stereocenters. The topological polar surface area (TPSA) is 80.9 Å². The van der Waals surface area contributed by atoms with Crippen molar-refractivity contribution in [3.63, 3.8) is 0 Å². The molecule has 1 N–H and O–H groups in total. The zero-order valence-electron chi connectivity index (χ0n) is 17.6. The fourth-order valence-corrected chi connectivity index (χ4v) is 4.21. The summed E-state index contributed by atoms with van der Waals surface area (Å²) in [6.45, 7) is 4.00. The van der Waals surface area contributed by atoms with Crippen LogP contribution in [-0.2, 0) is 9.53 Å². The zero-order valence-corrected chi connectivity index (χ0v) is 19.1. The Kier molecular flexibility index (Phi) is 6.21. The van der Waals surface area contributed by atoms with Crippen molar-refractivity contribution < 1.29 is 18.7 Å². The lowest BCUT2D eigenvalue weighted by molar-refractivity contribution is -0.115. The number of aliphatic imine (C=N–C) groups is 1. The number of nitrogens with zero attached hydrogens (tertiary/aromatic N) is 1. The third kappa shape index (κ3) is 4.64. The molecule has 2 aromatic carbocycles. The van der Waals surface area contributed by atoms with Crippen LogP contribution in [0.5, 0.6) is 0 Å². The average Bonchev–Trinajstić information content (AvgIpc) is 3.36. The Morgan fingerprint density at radius 3 is 2.72 bits per heavy atom. The SMILES string of the molecule is COC(=O)c1ccc(Cl)c(-c2ccc(/C=C3\SC(=Nc4ccc(C)cc4C)NC3=O)o2)c1. The molecule has 0 aliphatic carbocycles. The Bertz CT molecular complexity index is 1290. The van der Waals surface area contributed by atoms with Gasteiger partial charge in [-0.2, -0.15) is 0 Å². The number of rotatable bonds is 4. The summed E-state index contributed by atoms with van der Waals surface area (Å²) in [6.07, 6.45) is 1.64. The summed E-state index contributed by atoms with van der Waals surface area (Å²) in [5.41, 5.74) is 3.91. The van der Waals surface area contributed by atoms with Gasteiger partial charge in [0, 0.05) is 11.6 Å². The maximum absolute atomic E-state index is 12.4. The molecule has 0 saturated carbocycles. The number of ether oxygens (including phenoxy) is 1. The predicted octanol–water partition coefficient (Wildman–Crippen LogP) is 5.90. The van der Waals surface area contributed by atoms with Gasteiger partial charge in [0.05, 0.1) is 28.3 Å². The molecule has 3 aromatic rings. The molecule has 4 rings (SSSR count). The molecule has 1 saturated heterocycles. The Morgan fingerprint density at radius 1 is 1.16 bits per heavy atom. The molecular weight excluding hydrogens is 448 g/mol. The van der Waals surface area contributed by atoms with Crippen molar-refractivity contribution in [2.24, 2.45) is 4.99 Å². The number of amides is 1. The molecule has 6 nitrogen and oxygen atoms in total. The fourth-order valence-electron chi connectivity index (χ4n) is 3.18. The number of carbonyl (C=O) groups excluding carboxylic acids is 2. The van der Waals surface area contributed by atoms with Gasteiger partial charge >= 0.3 is 5.97 Å². The molecular formula is C24H19ClN2O4S. The summed E-state index contributed by atoms with van der Waals surface area (Å²) >= 11 is 7.53. The van der Waals surface area contributed by atoms with Crippen LogP contribution in [0.3, 0.4) is 0 Å². The fraction of sp³-hybridized carbons (Fsp3) is 0.125. The highest BCUT2D eigenvalue weighted by Crippen LogP contribution is 2.33. The first-order chi connectivity index (χ1) is 15.3. The smallest absolute Gasteiger partial charge is 0.337 e. The van der Waals surface area contributed by atoms with Crippen LogP contribution in [0.25, 0.3) is 17.4 Å². The molecule has 0 bridgehead atoms. The van der Waals surface area contributed by atoms with E-state index in [1.54, 1.807) is 36.4 Å². The molecule has 162 valence electrons. The highest BCUT2D eigenvalue weighted by molar-refractivity contribution is 8.18. The molecule has 2 heterocycles. The van der Waals surface area contributed by atoms with Crippen molar-refractivity contribution in [2.45, 2.75) is 13.8 Å². The van der Waals surface area contributed by atoms with Crippen molar-refractivity contribution in [3.05, 3.63) is 80.9 Å². The Balaban J connectivity index is 1.58. The van der Waals surface area contributed by atoms with Crippen molar-refractivity contribution in [1.82, 2.24) is 5.32 Å². The van der Waals surface area contributed by atoms with Crippen LogP contribution < -0.4 is 5.32 Å². The maximum atomic E-state index is 12.4. The van der Waals surface area contributed by atoms with Crippen LogP contribution in [-0.4, -0.2) is 24.2 Å². The van der Waals surface area contributed by atoms with E-state index in [0.29, 0.717) is 37.7 Å². The number of furan rings is 1.